The summed E-state index contributed by atoms with van der Waals surface area (Å²) in [4.78, 5) is 0.901. The molecule has 0 fully saturated rings. The van der Waals surface area contributed by atoms with Gasteiger partial charge >= 0.3 is 18.9 Å². The van der Waals surface area contributed by atoms with Gasteiger partial charge in [0.05, 0.1) is 0 Å². The third-order valence-corrected chi connectivity index (χ3v) is 7.40. The van der Waals surface area contributed by atoms with E-state index in [1.807, 2.05) is 30.3 Å². The molecule has 1 aromatic rings. The van der Waals surface area contributed by atoms with Crippen molar-refractivity contribution < 1.29 is 23.1 Å². The van der Waals surface area contributed by atoms with E-state index in [1.165, 1.54) is 5.25 Å². The maximum atomic E-state index is 13.2. The van der Waals surface area contributed by atoms with Gasteiger partial charge < -0.3 is 0 Å². The molecule has 1 aliphatic heterocycles. The summed E-state index contributed by atoms with van der Waals surface area (Å²) < 4.78 is 17.7. The Morgan fingerprint density at radius 2 is 1.89 bits per heavy atom. The molecule has 0 aromatic heterocycles. The molecule has 100 valence electrons. The Hall–Kier alpha value is -0.0157. The molecule has 0 bridgehead atoms. The second-order valence-corrected chi connectivity index (χ2v) is 13.9. The van der Waals surface area contributed by atoms with Crippen LogP contribution in [0.2, 0.25) is 25.7 Å². The van der Waals surface area contributed by atoms with Crippen molar-refractivity contribution in [1.82, 2.24) is 0 Å². The smallest absolute Gasteiger partial charge is 0.278 e. The van der Waals surface area contributed by atoms with Crippen LogP contribution in [0, 0.1) is 5.25 Å². The fourth-order valence-corrected chi connectivity index (χ4v) is 7.76. The fraction of sp³-hybridized carbons (Fsp3) is 0.500. The van der Waals surface area contributed by atoms with Gasteiger partial charge in [-0.05, 0) is 12.1 Å². The number of hydrogen-bond acceptors (Lipinski definition) is 2. The van der Waals surface area contributed by atoms with Gasteiger partial charge in [0.15, 0.2) is 0 Å². The summed E-state index contributed by atoms with van der Waals surface area (Å²) in [7, 11) is -3.51. The van der Waals surface area contributed by atoms with E-state index in [4.69, 9.17) is 0 Å². The van der Waals surface area contributed by atoms with E-state index in [0.717, 1.165) is 30.3 Å². The van der Waals surface area contributed by atoms with Gasteiger partial charge in [-0.2, -0.15) is 12.5 Å². The molecule has 0 saturated heterocycles. The molecule has 0 saturated carbocycles. The van der Waals surface area contributed by atoms with E-state index in [9.17, 15) is 4.21 Å². The van der Waals surface area contributed by atoms with Crippen molar-refractivity contribution >= 4 is 17.8 Å². The summed E-state index contributed by atoms with van der Waals surface area (Å²) in [6, 6.07) is 10.8. The maximum Gasteiger partial charge on any atom is 1.00 e. The van der Waals surface area contributed by atoms with Crippen molar-refractivity contribution in [2.75, 3.05) is 6.54 Å². The molecule has 5 heteroatoms. The Bertz CT molecular complexity index is 518. The first kappa shape index (κ1) is 17.0. The van der Waals surface area contributed by atoms with E-state index in [-0.39, 0.29) is 18.9 Å². The van der Waals surface area contributed by atoms with Gasteiger partial charge in [0.2, 0.25) is 0 Å². The minimum atomic E-state index is -2.27. The molecule has 1 aliphatic rings. The van der Waals surface area contributed by atoms with E-state index in [2.05, 4.69) is 24.0 Å². The van der Waals surface area contributed by atoms with E-state index in [1.54, 1.807) is 0 Å². The molecule has 1 heterocycles. The molecule has 0 unspecified atom stereocenters. The molecule has 1 atom stereocenters. The first-order valence-electron chi connectivity index (χ1n) is 6.55. The van der Waals surface area contributed by atoms with E-state index < -0.39 is 17.8 Å². The minimum absolute atomic E-state index is 0. The molecular weight excluding hydrogens is 265 g/mol. The van der Waals surface area contributed by atoms with Gasteiger partial charge in [-0.3, -0.25) is 8.57 Å². The van der Waals surface area contributed by atoms with Gasteiger partial charge in [0.1, 0.15) is 0 Å². The summed E-state index contributed by atoms with van der Waals surface area (Å²) in [5.41, 5.74) is 0. The van der Waals surface area contributed by atoms with Crippen LogP contribution in [0.4, 0.5) is 0 Å². The largest absolute Gasteiger partial charge is 1.00 e. The molecule has 0 N–H and O–H groups in total. The summed E-state index contributed by atoms with van der Waals surface area (Å²) in [6.07, 6.45) is 2.05. The van der Waals surface area contributed by atoms with Crippen LogP contribution in [0.15, 0.2) is 39.6 Å². The van der Waals surface area contributed by atoms with Crippen LogP contribution in [-0.4, -0.2) is 18.8 Å². The first-order chi connectivity index (χ1) is 8.42. The zero-order valence-electron chi connectivity index (χ0n) is 12.5. The normalized spacial score (nSPS) is 24.4. The summed E-state index contributed by atoms with van der Waals surface area (Å²) in [5, 5.41) is 1.19. The third kappa shape index (κ3) is 4.22. The van der Waals surface area contributed by atoms with Crippen molar-refractivity contribution in [3.63, 3.8) is 0 Å². The summed E-state index contributed by atoms with van der Waals surface area (Å²) >= 11 is 0. The van der Waals surface area contributed by atoms with Gasteiger partial charge in [-0.25, -0.2) is 5.25 Å². The monoisotopic (exact) mass is 287 g/mol. The van der Waals surface area contributed by atoms with E-state index >= 15 is 0 Å². The van der Waals surface area contributed by atoms with Gasteiger partial charge in [0, 0.05) is 19.5 Å². The molecule has 0 amide bonds. The van der Waals surface area contributed by atoms with E-state index in [0.29, 0.717) is 0 Å². The Balaban J connectivity index is 0.00000180. The Morgan fingerprint density at radius 1 is 1.26 bits per heavy atom. The summed E-state index contributed by atoms with van der Waals surface area (Å²) in [5.74, 6) is 0. The van der Waals surface area contributed by atoms with Crippen LogP contribution in [-0.2, 0) is 9.73 Å². The van der Waals surface area contributed by atoms with Crippen molar-refractivity contribution in [2.24, 2.45) is 4.36 Å². The quantitative estimate of drug-likeness (QED) is 0.606. The third-order valence-electron chi connectivity index (χ3n) is 3.07. The van der Waals surface area contributed by atoms with Crippen molar-refractivity contribution in [1.29, 1.82) is 0 Å². The Labute approximate surface area is 130 Å². The van der Waals surface area contributed by atoms with Crippen molar-refractivity contribution in [2.45, 2.75) is 43.4 Å². The van der Waals surface area contributed by atoms with Crippen molar-refractivity contribution in [3.05, 3.63) is 35.6 Å². The molecular formula is C14H22LiNOSSi. The topological polar surface area (TPSA) is 29.4 Å². The van der Waals surface area contributed by atoms with Gasteiger partial charge in [-0.15, -0.1) is 0 Å². The van der Waals surface area contributed by atoms with Crippen LogP contribution in [0.3, 0.4) is 0 Å². The first-order valence-corrected chi connectivity index (χ1v) is 11.8. The van der Waals surface area contributed by atoms with Gasteiger partial charge in [0.25, 0.3) is 0 Å². The average Bonchev–Trinajstić information content (AvgIpc) is 2.32. The SMILES string of the molecule is C[Si](C)(C)C[C-]1CCCN=[S@@]1(=O)c1ccccc1.[Li+]. The number of benzene rings is 1. The second-order valence-electron chi connectivity index (χ2n) is 6.07. The van der Waals surface area contributed by atoms with Crippen LogP contribution >= 0.6 is 0 Å². The van der Waals surface area contributed by atoms with Crippen molar-refractivity contribution in [3.8, 4) is 0 Å². The summed E-state index contributed by atoms with van der Waals surface area (Å²) in [6.45, 7) is 7.74. The molecule has 0 radical (unpaired) electrons. The van der Waals surface area contributed by atoms with Crippen LogP contribution in [0.1, 0.15) is 12.8 Å². The molecule has 0 spiro atoms. The molecule has 2 nitrogen and oxygen atoms in total. The molecule has 2 rings (SSSR count). The Kier molecular flexibility index (Phi) is 5.94. The average molecular weight is 287 g/mol. The zero-order chi connectivity index (χ0) is 13.2. The minimum Gasteiger partial charge on any atom is -0.278 e. The maximum absolute atomic E-state index is 13.2. The standard InChI is InChI=1S/C14H22NOSSi.Li/c1-18(2,3)12-14-10-7-11-15-17(14,16)13-8-5-4-6-9-13;/h4-6,8-9H,7,10-12H2,1-3H3;/q-1;+1/t17-;/m1./s1. The number of nitrogens with zero attached hydrogens (tertiary/aromatic N) is 1. The molecule has 1 aromatic carbocycles. The van der Waals surface area contributed by atoms with Crippen LogP contribution < -0.4 is 18.9 Å². The second kappa shape index (κ2) is 6.62. The van der Waals surface area contributed by atoms with Crippen LogP contribution in [0.5, 0.6) is 0 Å². The number of hydrogen-bond donors (Lipinski definition) is 0. The predicted octanol–water partition coefficient (Wildman–Crippen LogP) is 1.18. The fourth-order valence-electron chi connectivity index (χ4n) is 2.32. The predicted molar refractivity (Wildman–Crippen MR) is 80.8 cm³/mol. The zero-order valence-corrected chi connectivity index (χ0v) is 14.3. The Morgan fingerprint density at radius 3 is 2.47 bits per heavy atom. The van der Waals surface area contributed by atoms with Crippen LogP contribution in [0.25, 0.3) is 0 Å². The molecule has 0 aliphatic carbocycles. The number of rotatable bonds is 3. The van der Waals surface area contributed by atoms with Gasteiger partial charge in [-0.1, -0.05) is 54.0 Å². The molecule has 19 heavy (non-hydrogen) atoms.